The first-order valence-corrected chi connectivity index (χ1v) is 15.2. The van der Waals surface area contributed by atoms with Crippen molar-refractivity contribution >= 4 is 44.1 Å². The number of hydrogen-bond acceptors (Lipinski definition) is 4. The minimum Gasteiger partial charge on any atom is -0.255 e. The SMILES string of the molecule is [C-]#[N+]c1cc(C#N)cc(-c2cccc(-c3nc4ccccc4c4c3cc([N+]#[C-])c3nc(-c5ccccc5)c(-c5ccccc5)nc34)c2)c1. The summed E-state index contributed by atoms with van der Waals surface area (Å²) < 4.78 is 0. The van der Waals surface area contributed by atoms with Crippen LogP contribution in [0.4, 0.5) is 11.4 Å². The zero-order valence-corrected chi connectivity index (χ0v) is 25.4. The van der Waals surface area contributed by atoms with Crippen molar-refractivity contribution in [1.82, 2.24) is 15.0 Å². The minimum absolute atomic E-state index is 0.389. The van der Waals surface area contributed by atoms with Crippen LogP contribution >= 0.6 is 0 Å². The second kappa shape index (κ2) is 11.6. The summed E-state index contributed by atoms with van der Waals surface area (Å²) in [4.78, 5) is 23.2. The average Bonchev–Trinajstić information content (AvgIpc) is 3.17. The summed E-state index contributed by atoms with van der Waals surface area (Å²) in [5.74, 6) is 0. The van der Waals surface area contributed by atoms with Crippen molar-refractivity contribution in [1.29, 1.82) is 5.26 Å². The van der Waals surface area contributed by atoms with Gasteiger partial charge in [0.15, 0.2) is 5.69 Å². The predicted molar refractivity (Wildman–Crippen MR) is 191 cm³/mol. The molecule has 0 saturated carbocycles. The van der Waals surface area contributed by atoms with E-state index in [1.807, 2.05) is 115 Å². The average molecular weight is 611 g/mol. The molecule has 2 aromatic heterocycles. The summed E-state index contributed by atoms with van der Waals surface area (Å²) in [5.41, 5.74) is 9.62. The number of fused-ring (bicyclic) bond motifs is 5. The van der Waals surface area contributed by atoms with Crippen LogP contribution in [0.1, 0.15) is 5.56 Å². The topological polar surface area (TPSA) is 71.2 Å². The Morgan fingerprint density at radius 1 is 0.500 bits per heavy atom. The summed E-state index contributed by atoms with van der Waals surface area (Å²) >= 11 is 0. The number of nitrogens with zero attached hydrogens (tertiary/aromatic N) is 6. The Morgan fingerprint density at radius 2 is 1.15 bits per heavy atom. The molecule has 0 aliphatic rings. The second-order valence-electron chi connectivity index (χ2n) is 11.3. The molecule has 0 N–H and O–H groups in total. The van der Waals surface area contributed by atoms with E-state index in [9.17, 15) is 5.26 Å². The Labute approximate surface area is 276 Å². The van der Waals surface area contributed by atoms with Gasteiger partial charge in [-0.3, -0.25) is 4.98 Å². The summed E-state index contributed by atoms with van der Waals surface area (Å²) in [7, 11) is 0. The fourth-order valence-electron chi connectivity index (χ4n) is 6.27. The van der Waals surface area contributed by atoms with Gasteiger partial charge >= 0.3 is 0 Å². The Hall–Kier alpha value is -7.20. The maximum atomic E-state index is 9.59. The fraction of sp³-hybridized carbons (Fsp3) is 0. The van der Waals surface area contributed by atoms with Gasteiger partial charge in [0, 0.05) is 38.4 Å². The lowest BCUT2D eigenvalue weighted by Gasteiger charge is -2.16. The number of rotatable bonds is 4. The van der Waals surface area contributed by atoms with E-state index >= 15 is 0 Å². The van der Waals surface area contributed by atoms with Gasteiger partial charge < -0.3 is 0 Å². The number of aromatic nitrogens is 3. The van der Waals surface area contributed by atoms with Gasteiger partial charge in [-0.1, -0.05) is 97.1 Å². The standard InChI is InChI=1S/C42H22N6/c1-44-32-21-26(25-43)20-31(23-32)29-16-11-17-30(22-29)38-34-24-36(45-2)41-42(37(34)33-18-9-10-19-35(33)46-38)48-40(28-14-7-4-8-15-28)39(47-41)27-12-5-3-6-13-27/h3-24H. The molecule has 8 rings (SSSR count). The molecule has 0 saturated heterocycles. The third-order valence-electron chi connectivity index (χ3n) is 8.45. The van der Waals surface area contributed by atoms with E-state index in [0.717, 1.165) is 55.2 Å². The van der Waals surface area contributed by atoms with E-state index in [2.05, 4.69) is 15.8 Å². The molecule has 0 amide bonds. The van der Waals surface area contributed by atoms with Gasteiger partial charge in [-0.15, -0.1) is 0 Å². The van der Waals surface area contributed by atoms with Crippen molar-refractivity contribution < 1.29 is 0 Å². The van der Waals surface area contributed by atoms with E-state index in [1.54, 1.807) is 18.2 Å². The summed E-state index contributed by atoms with van der Waals surface area (Å²) in [6.45, 7) is 15.8. The second-order valence-corrected chi connectivity index (χ2v) is 11.3. The van der Waals surface area contributed by atoms with Crippen molar-refractivity contribution in [3.05, 3.63) is 162 Å². The first kappa shape index (κ1) is 28.3. The van der Waals surface area contributed by atoms with Gasteiger partial charge in [-0.05, 0) is 47.5 Å². The maximum Gasteiger partial charge on any atom is 0.215 e. The Bertz CT molecular complexity index is 2660. The highest BCUT2D eigenvalue weighted by molar-refractivity contribution is 6.23. The monoisotopic (exact) mass is 610 g/mol. The highest BCUT2D eigenvalue weighted by Gasteiger charge is 2.21. The van der Waals surface area contributed by atoms with E-state index < -0.39 is 0 Å². The normalized spacial score (nSPS) is 10.9. The summed E-state index contributed by atoms with van der Waals surface area (Å²) in [6, 6.07) is 45.0. The Kier molecular flexibility index (Phi) is 6.85. The lowest BCUT2D eigenvalue weighted by atomic mass is 9.95. The molecule has 0 atom stereocenters. The first-order chi connectivity index (χ1) is 23.6. The molecule has 6 aromatic carbocycles. The quantitative estimate of drug-likeness (QED) is 0.147. The van der Waals surface area contributed by atoms with Crippen LogP contribution in [-0.2, 0) is 0 Å². The minimum atomic E-state index is 0.389. The molecule has 0 unspecified atom stereocenters. The van der Waals surface area contributed by atoms with Crippen molar-refractivity contribution in [2.45, 2.75) is 0 Å². The highest BCUT2D eigenvalue weighted by Crippen LogP contribution is 2.43. The first-order valence-electron chi connectivity index (χ1n) is 15.2. The van der Waals surface area contributed by atoms with Gasteiger partial charge in [0.05, 0.1) is 52.8 Å². The molecule has 8 aromatic rings. The Morgan fingerprint density at radius 3 is 1.83 bits per heavy atom. The molecule has 0 fully saturated rings. The van der Waals surface area contributed by atoms with Crippen LogP contribution in [-0.4, -0.2) is 15.0 Å². The van der Waals surface area contributed by atoms with Gasteiger partial charge in [0.2, 0.25) is 5.69 Å². The van der Waals surface area contributed by atoms with Crippen LogP contribution in [0.5, 0.6) is 0 Å². The zero-order valence-electron chi connectivity index (χ0n) is 25.4. The molecule has 0 aliphatic carbocycles. The van der Waals surface area contributed by atoms with E-state index in [0.29, 0.717) is 39.4 Å². The van der Waals surface area contributed by atoms with Gasteiger partial charge in [0.25, 0.3) is 0 Å². The molecule has 0 aliphatic heterocycles. The van der Waals surface area contributed by atoms with Gasteiger partial charge in [-0.2, -0.15) is 5.26 Å². The molecule has 48 heavy (non-hydrogen) atoms. The lowest BCUT2D eigenvalue weighted by molar-refractivity contribution is 1.30. The largest absolute Gasteiger partial charge is 0.255 e. The van der Waals surface area contributed by atoms with Crippen molar-refractivity contribution in [2.75, 3.05) is 0 Å². The van der Waals surface area contributed by atoms with Crippen LogP contribution in [0.2, 0.25) is 0 Å². The maximum absolute atomic E-state index is 9.59. The molecule has 6 nitrogen and oxygen atoms in total. The van der Waals surface area contributed by atoms with Crippen LogP contribution in [0.15, 0.2) is 133 Å². The van der Waals surface area contributed by atoms with Crippen molar-refractivity contribution in [2.24, 2.45) is 0 Å². The number of para-hydroxylation sites is 1. The van der Waals surface area contributed by atoms with E-state index in [1.165, 1.54) is 0 Å². The van der Waals surface area contributed by atoms with Crippen LogP contribution in [0.25, 0.3) is 87.3 Å². The molecule has 2 heterocycles. The molecule has 0 bridgehead atoms. The number of pyridine rings is 1. The van der Waals surface area contributed by atoms with E-state index in [-0.39, 0.29) is 0 Å². The molecule has 220 valence electrons. The molecular formula is C42H22N6. The third kappa shape index (κ3) is 4.77. The van der Waals surface area contributed by atoms with Crippen LogP contribution in [0, 0.1) is 24.5 Å². The fourth-order valence-corrected chi connectivity index (χ4v) is 6.27. The van der Waals surface area contributed by atoms with Crippen molar-refractivity contribution in [3.8, 4) is 51.0 Å². The number of benzene rings is 6. The highest BCUT2D eigenvalue weighted by atomic mass is 14.9. The lowest BCUT2D eigenvalue weighted by Crippen LogP contribution is -1.98. The summed E-state index contributed by atoms with van der Waals surface area (Å²) in [5, 5.41) is 12.2. The van der Waals surface area contributed by atoms with Gasteiger partial charge in [-0.25, -0.2) is 19.7 Å². The zero-order chi connectivity index (χ0) is 32.6. The van der Waals surface area contributed by atoms with Gasteiger partial charge in [0.1, 0.15) is 0 Å². The predicted octanol–water partition coefficient (Wildman–Crippen LogP) is 11.0. The molecule has 6 heteroatoms. The Balaban J connectivity index is 1.47. The smallest absolute Gasteiger partial charge is 0.215 e. The van der Waals surface area contributed by atoms with Crippen molar-refractivity contribution in [3.63, 3.8) is 0 Å². The summed E-state index contributed by atoms with van der Waals surface area (Å²) in [6.07, 6.45) is 0. The molecule has 0 radical (unpaired) electrons. The molecular weight excluding hydrogens is 589 g/mol. The number of hydrogen-bond donors (Lipinski definition) is 0. The number of nitriles is 1. The van der Waals surface area contributed by atoms with E-state index in [4.69, 9.17) is 28.1 Å². The molecule has 0 spiro atoms. The van der Waals surface area contributed by atoms with Crippen LogP contribution < -0.4 is 0 Å². The third-order valence-corrected chi connectivity index (χ3v) is 8.45. The van der Waals surface area contributed by atoms with Crippen LogP contribution in [0.3, 0.4) is 0 Å².